The Hall–Kier alpha value is -2.75. The van der Waals surface area contributed by atoms with E-state index in [4.69, 9.17) is 16.0 Å². The Morgan fingerprint density at radius 3 is 2.55 bits per heavy atom. The smallest absolute Gasteiger partial charge is 0.322 e. The lowest BCUT2D eigenvalue weighted by molar-refractivity contribution is 0.102. The number of hydrogen-bond donors (Lipinski definition) is 1. The summed E-state index contributed by atoms with van der Waals surface area (Å²) >= 11 is 5.95. The van der Waals surface area contributed by atoms with Gasteiger partial charge in [-0.3, -0.25) is 10.1 Å². The third-order valence-electron chi connectivity index (χ3n) is 4.57. The molecule has 0 unspecified atom stereocenters. The number of carbonyl (C=O) groups excluding carboxylic acids is 1. The molecule has 0 bridgehead atoms. The topological polar surface area (TPSA) is 105 Å². The van der Waals surface area contributed by atoms with Gasteiger partial charge in [0.15, 0.2) is 0 Å². The zero-order chi connectivity index (χ0) is 20.6. The fraction of sp³-hybridized carbons (Fsp3) is 0.211. The molecule has 1 saturated carbocycles. The van der Waals surface area contributed by atoms with Crippen LogP contribution in [0.5, 0.6) is 0 Å². The minimum absolute atomic E-state index is 0.0641. The maximum absolute atomic E-state index is 12.5. The molecule has 1 aliphatic carbocycles. The molecule has 0 radical (unpaired) electrons. The van der Waals surface area contributed by atoms with Crippen LogP contribution in [0.3, 0.4) is 0 Å². The van der Waals surface area contributed by atoms with Crippen molar-refractivity contribution in [2.75, 3.05) is 12.4 Å². The Kier molecular flexibility index (Phi) is 5.12. The lowest BCUT2D eigenvalue weighted by atomic mass is 10.2. The molecule has 2 aromatic carbocycles. The monoisotopic (exact) mass is 432 g/mol. The minimum atomic E-state index is -3.56. The van der Waals surface area contributed by atoms with Crippen molar-refractivity contribution >= 4 is 33.5 Å². The van der Waals surface area contributed by atoms with Crippen LogP contribution >= 0.6 is 11.6 Å². The summed E-state index contributed by atoms with van der Waals surface area (Å²) in [5.74, 6) is -0.279. The number of aromatic nitrogens is 2. The molecule has 10 heteroatoms. The molecule has 1 aliphatic rings. The average molecular weight is 433 g/mol. The maximum atomic E-state index is 12.5. The van der Waals surface area contributed by atoms with E-state index in [1.54, 1.807) is 31.3 Å². The van der Waals surface area contributed by atoms with Crippen LogP contribution in [0.15, 0.2) is 57.8 Å². The lowest BCUT2D eigenvalue weighted by Gasteiger charge is -2.16. The lowest BCUT2D eigenvalue weighted by Crippen LogP contribution is -2.29. The molecule has 1 heterocycles. The Morgan fingerprint density at radius 2 is 1.90 bits per heavy atom. The summed E-state index contributed by atoms with van der Waals surface area (Å²) in [7, 11) is -1.99. The second-order valence-corrected chi connectivity index (χ2v) is 9.09. The summed E-state index contributed by atoms with van der Waals surface area (Å²) in [5, 5.41) is 10.7. The van der Waals surface area contributed by atoms with Crippen molar-refractivity contribution in [2.45, 2.75) is 23.8 Å². The van der Waals surface area contributed by atoms with E-state index in [0.717, 1.165) is 12.8 Å². The number of benzene rings is 2. The van der Waals surface area contributed by atoms with Crippen molar-refractivity contribution in [3.63, 3.8) is 0 Å². The van der Waals surface area contributed by atoms with Gasteiger partial charge in [-0.1, -0.05) is 22.8 Å². The highest BCUT2D eigenvalue weighted by atomic mass is 35.5. The SMILES string of the molecule is CN(C1CC1)S(=O)(=O)c1ccc(C(=O)Nc2nnc(-c3cccc(Cl)c3)o2)cc1. The number of sulfonamides is 1. The Bertz CT molecular complexity index is 1160. The van der Waals surface area contributed by atoms with Crippen LogP contribution in [0, 0.1) is 0 Å². The van der Waals surface area contributed by atoms with E-state index < -0.39 is 15.9 Å². The highest BCUT2D eigenvalue weighted by Crippen LogP contribution is 2.30. The highest BCUT2D eigenvalue weighted by molar-refractivity contribution is 7.89. The first kappa shape index (κ1) is 19.6. The molecule has 1 amide bonds. The number of hydrogen-bond acceptors (Lipinski definition) is 6. The van der Waals surface area contributed by atoms with E-state index in [9.17, 15) is 13.2 Å². The largest absolute Gasteiger partial charge is 0.403 e. The van der Waals surface area contributed by atoms with Crippen molar-refractivity contribution in [1.29, 1.82) is 0 Å². The van der Waals surface area contributed by atoms with Gasteiger partial charge in [0, 0.05) is 29.2 Å². The summed E-state index contributed by atoms with van der Waals surface area (Å²) in [4.78, 5) is 12.6. The summed E-state index contributed by atoms with van der Waals surface area (Å²) in [6.45, 7) is 0. The van der Waals surface area contributed by atoms with Gasteiger partial charge in [0.05, 0.1) is 4.90 Å². The number of nitrogens with one attached hydrogen (secondary N) is 1. The van der Waals surface area contributed by atoms with E-state index in [1.165, 1.54) is 28.6 Å². The number of carbonyl (C=O) groups is 1. The van der Waals surface area contributed by atoms with Crippen molar-refractivity contribution in [1.82, 2.24) is 14.5 Å². The first-order chi connectivity index (χ1) is 13.8. The predicted molar refractivity (Wildman–Crippen MR) is 107 cm³/mol. The average Bonchev–Trinajstić information content (AvgIpc) is 3.46. The third-order valence-corrected chi connectivity index (χ3v) is 6.73. The number of halogens is 1. The molecular formula is C19H17ClN4O4S. The first-order valence-corrected chi connectivity index (χ1v) is 10.7. The molecule has 1 aromatic heterocycles. The quantitative estimate of drug-likeness (QED) is 0.639. The van der Waals surface area contributed by atoms with E-state index >= 15 is 0 Å². The van der Waals surface area contributed by atoms with Crippen LogP contribution in [-0.2, 0) is 10.0 Å². The van der Waals surface area contributed by atoms with Crippen molar-refractivity contribution in [3.8, 4) is 11.5 Å². The highest BCUT2D eigenvalue weighted by Gasteiger charge is 2.35. The van der Waals surface area contributed by atoms with Gasteiger partial charge in [-0.2, -0.15) is 4.31 Å². The summed E-state index contributed by atoms with van der Waals surface area (Å²) in [6, 6.07) is 12.6. The van der Waals surface area contributed by atoms with E-state index in [0.29, 0.717) is 10.6 Å². The first-order valence-electron chi connectivity index (χ1n) is 8.83. The summed E-state index contributed by atoms with van der Waals surface area (Å²) in [6.07, 6.45) is 1.75. The van der Waals surface area contributed by atoms with Crippen molar-refractivity contribution < 1.29 is 17.6 Å². The van der Waals surface area contributed by atoms with Gasteiger partial charge in [-0.05, 0) is 55.3 Å². The number of amides is 1. The van der Waals surface area contributed by atoms with Gasteiger partial charge in [-0.25, -0.2) is 8.42 Å². The molecule has 29 heavy (non-hydrogen) atoms. The second-order valence-electron chi connectivity index (χ2n) is 6.65. The van der Waals surface area contributed by atoms with Crippen LogP contribution in [0.1, 0.15) is 23.2 Å². The number of rotatable bonds is 6. The van der Waals surface area contributed by atoms with Crippen LogP contribution < -0.4 is 5.32 Å². The molecule has 8 nitrogen and oxygen atoms in total. The zero-order valence-corrected chi connectivity index (χ0v) is 16.9. The summed E-state index contributed by atoms with van der Waals surface area (Å²) < 4.78 is 31.9. The van der Waals surface area contributed by atoms with E-state index in [2.05, 4.69) is 15.5 Å². The van der Waals surface area contributed by atoms with Crippen molar-refractivity contribution in [2.24, 2.45) is 0 Å². The molecular weight excluding hydrogens is 416 g/mol. The van der Waals surface area contributed by atoms with E-state index in [1.807, 2.05) is 0 Å². The molecule has 0 saturated heterocycles. The number of nitrogens with zero attached hydrogens (tertiary/aromatic N) is 3. The van der Waals surface area contributed by atoms with Crippen LogP contribution in [-0.4, -0.2) is 41.9 Å². The Morgan fingerprint density at radius 1 is 1.17 bits per heavy atom. The zero-order valence-electron chi connectivity index (χ0n) is 15.4. The third kappa shape index (κ3) is 4.16. The van der Waals surface area contributed by atoms with Gasteiger partial charge < -0.3 is 4.42 Å². The molecule has 1 fully saturated rings. The molecule has 1 N–H and O–H groups in total. The predicted octanol–water partition coefficient (Wildman–Crippen LogP) is 3.43. The van der Waals surface area contributed by atoms with Gasteiger partial charge in [0.1, 0.15) is 0 Å². The van der Waals surface area contributed by atoms with Gasteiger partial charge in [-0.15, -0.1) is 5.10 Å². The fourth-order valence-corrected chi connectivity index (χ4v) is 4.37. The molecule has 4 rings (SSSR count). The molecule has 0 spiro atoms. The maximum Gasteiger partial charge on any atom is 0.322 e. The Balaban J connectivity index is 1.46. The van der Waals surface area contributed by atoms with Gasteiger partial charge >= 0.3 is 6.01 Å². The van der Waals surface area contributed by atoms with Gasteiger partial charge in [0.25, 0.3) is 5.91 Å². The summed E-state index contributed by atoms with van der Waals surface area (Å²) in [5.41, 5.74) is 0.889. The molecule has 150 valence electrons. The van der Waals surface area contributed by atoms with Crippen LogP contribution in [0.4, 0.5) is 6.01 Å². The number of anilines is 1. The molecule has 0 atom stereocenters. The van der Waals surface area contributed by atoms with Crippen molar-refractivity contribution in [3.05, 3.63) is 59.1 Å². The molecule has 3 aromatic rings. The minimum Gasteiger partial charge on any atom is -0.403 e. The molecule has 0 aliphatic heterocycles. The second kappa shape index (κ2) is 7.58. The normalized spacial score (nSPS) is 14.2. The standard InChI is InChI=1S/C19H17ClN4O4S/c1-24(15-7-8-15)29(26,27)16-9-5-12(6-10-16)17(25)21-19-23-22-18(28-19)13-3-2-4-14(20)11-13/h2-6,9-11,15H,7-8H2,1H3,(H,21,23,25). The van der Waals surface area contributed by atoms with Crippen LogP contribution in [0.2, 0.25) is 5.02 Å². The van der Waals surface area contributed by atoms with Gasteiger partial charge in [0.2, 0.25) is 15.9 Å². The van der Waals surface area contributed by atoms with E-state index in [-0.39, 0.29) is 28.4 Å². The van der Waals surface area contributed by atoms with Crippen LogP contribution in [0.25, 0.3) is 11.5 Å². The Labute approximate surface area is 172 Å². The fourth-order valence-electron chi connectivity index (χ4n) is 2.76.